The summed E-state index contributed by atoms with van der Waals surface area (Å²) in [5.74, 6) is 0. The highest BCUT2D eigenvalue weighted by Gasteiger charge is 1.84. The number of hydrogen-bond donors (Lipinski definition) is 0. The molecule has 0 nitrogen and oxygen atoms in total. The molecule has 0 rings (SSSR count). The van der Waals surface area contributed by atoms with Crippen molar-refractivity contribution in [1.82, 2.24) is 0 Å². The molecule has 41 valence electrons. The van der Waals surface area contributed by atoms with Crippen molar-refractivity contribution in [2.75, 3.05) is 0 Å². The van der Waals surface area contributed by atoms with Crippen LogP contribution in [-0.2, 0) is 0 Å². The van der Waals surface area contributed by atoms with Crippen molar-refractivity contribution >= 4 is 0 Å². The van der Waals surface area contributed by atoms with E-state index in [1.807, 2.05) is 6.92 Å². The van der Waals surface area contributed by atoms with Gasteiger partial charge in [0.1, 0.15) is 6.67 Å². The van der Waals surface area contributed by atoms with Crippen LogP contribution in [0.2, 0.25) is 0 Å². The highest BCUT2D eigenvalue weighted by molar-refractivity contribution is 4.87. The Morgan fingerprint density at radius 3 is 2.57 bits per heavy atom. The molecule has 7 heavy (non-hydrogen) atoms. The van der Waals surface area contributed by atoms with Crippen LogP contribution >= 0.6 is 0 Å². The molecule has 0 N–H and O–H groups in total. The van der Waals surface area contributed by atoms with Gasteiger partial charge in [-0.2, -0.15) is 0 Å². The van der Waals surface area contributed by atoms with Gasteiger partial charge in [0.05, 0.1) is 0 Å². The van der Waals surface area contributed by atoms with E-state index in [2.05, 4.69) is 6.58 Å². The normalized spacial score (nSPS) is 8.86. The van der Waals surface area contributed by atoms with Crippen LogP contribution in [0, 0.1) is 6.67 Å². The van der Waals surface area contributed by atoms with E-state index >= 15 is 0 Å². The Kier molecular flexibility index (Phi) is 3.67. The first-order chi connectivity index (χ1) is 3.27. The second-order valence-corrected chi connectivity index (χ2v) is 1.65. The predicted octanol–water partition coefficient (Wildman–Crippen LogP) is 2.47. The van der Waals surface area contributed by atoms with E-state index in [-0.39, 0.29) is 0 Å². The lowest BCUT2D eigenvalue weighted by molar-refractivity contribution is 0.574. The largest absolute Gasteiger partial charge is 0.244 e. The van der Waals surface area contributed by atoms with Crippen LogP contribution in [0.15, 0.2) is 12.2 Å². The molecule has 1 radical (unpaired) electrons. The van der Waals surface area contributed by atoms with Gasteiger partial charge >= 0.3 is 0 Å². The maximum absolute atomic E-state index is 11.2. The van der Waals surface area contributed by atoms with Crippen molar-refractivity contribution in [3.05, 3.63) is 18.8 Å². The third-order valence-corrected chi connectivity index (χ3v) is 0.680. The molecule has 0 aromatic rings. The first-order valence-electron chi connectivity index (χ1n) is 2.33. The molecular formula is C6H10F. The molecule has 0 unspecified atom stereocenters. The first kappa shape index (κ1) is 6.67. The topological polar surface area (TPSA) is 0 Å². The summed E-state index contributed by atoms with van der Waals surface area (Å²) in [6.07, 6.45) is 1.28. The summed E-state index contributed by atoms with van der Waals surface area (Å²) in [7, 11) is 0. The SMILES string of the molecule is C=C(C)CC[CH]F. The second kappa shape index (κ2) is 3.85. The highest BCUT2D eigenvalue weighted by Crippen LogP contribution is 2.01. The molecule has 0 fully saturated rings. The Bertz CT molecular complexity index is 57.2. The molecule has 0 amide bonds. The van der Waals surface area contributed by atoms with Crippen LogP contribution in [0.25, 0.3) is 0 Å². The van der Waals surface area contributed by atoms with E-state index < -0.39 is 0 Å². The molecule has 0 aromatic heterocycles. The fourth-order valence-corrected chi connectivity index (χ4v) is 0.301. The van der Waals surface area contributed by atoms with Crippen LogP contribution in [0.4, 0.5) is 4.39 Å². The second-order valence-electron chi connectivity index (χ2n) is 1.65. The third-order valence-electron chi connectivity index (χ3n) is 0.680. The van der Waals surface area contributed by atoms with Gasteiger partial charge in [-0.3, -0.25) is 0 Å². The van der Waals surface area contributed by atoms with Crippen molar-refractivity contribution in [1.29, 1.82) is 0 Å². The summed E-state index contributed by atoms with van der Waals surface area (Å²) in [6.45, 7) is 6.16. The zero-order valence-corrected chi connectivity index (χ0v) is 4.58. The monoisotopic (exact) mass is 101 g/mol. The van der Waals surface area contributed by atoms with Gasteiger partial charge in [0, 0.05) is 0 Å². The summed E-state index contributed by atoms with van der Waals surface area (Å²) >= 11 is 0. The summed E-state index contributed by atoms with van der Waals surface area (Å²) in [5, 5.41) is 0. The molecule has 0 aliphatic heterocycles. The van der Waals surface area contributed by atoms with E-state index in [4.69, 9.17) is 0 Å². The van der Waals surface area contributed by atoms with Crippen molar-refractivity contribution in [2.45, 2.75) is 19.8 Å². The van der Waals surface area contributed by atoms with Gasteiger partial charge in [-0.05, 0) is 19.8 Å². The van der Waals surface area contributed by atoms with Crippen LogP contribution in [0.1, 0.15) is 19.8 Å². The van der Waals surface area contributed by atoms with Gasteiger partial charge in [-0.15, -0.1) is 6.58 Å². The Balaban J connectivity index is 2.82. The highest BCUT2D eigenvalue weighted by atomic mass is 19.1. The average molecular weight is 101 g/mol. The molecule has 0 aromatic carbocycles. The van der Waals surface area contributed by atoms with E-state index in [0.717, 1.165) is 12.0 Å². The van der Waals surface area contributed by atoms with E-state index in [0.29, 0.717) is 13.1 Å². The summed E-state index contributed by atoms with van der Waals surface area (Å²) < 4.78 is 11.2. The predicted molar refractivity (Wildman–Crippen MR) is 29.5 cm³/mol. The molecule has 1 heteroatoms. The van der Waals surface area contributed by atoms with Crippen molar-refractivity contribution in [3.63, 3.8) is 0 Å². The molecule has 0 spiro atoms. The molecule has 0 saturated carbocycles. The average Bonchev–Trinajstić information content (AvgIpc) is 1.61. The Morgan fingerprint density at radius 1 is 1.86 bits per heavy atom. The molecule has 0 aliphatic rings. The Morgan fingerprint density at radius 2 is 2.43 bits per heavy atom. The van der Waals surface area contributed by atoms with Gasteiger partial charge in [-0.25, -0.2) is 4.39 Å². The van der Waals surface area contributed by atoms with Gasteiger partial charge in [0.25, 0.3) is 0 Å². The zero-order chi connectivity index (χ0) is 5.70. The van der Waals surface area contributed by atoms with Crippen LogP contribution < -0.4 is 0 Å². The molecule has 0 bridgehead atoms. The molecular weight excluding hydrogens is 91.1 g/mol. The maximum atomic E-state index is 11.2. The number of halogens is 1. The van der Waals surface area contributed by atoms with Crippen molar-refractivity contribution in [3.8, 4) is 0 Å². The molecule has 0 aliphatic carbocycles. The number of hydrogen-bond acceptors (Lipinski definition) is 0. The minimum absolute atomic E-state index is 0.509. The minimum atomic E-state index is 0.509. The molecule has 0 atom stereocenters. The Hall–Kier alpha value is -0.330. The fourth-order valence-electron chi connectivity index (χ4n) is 0.301. The fraction of sp³-hybridized carbons (Fsp3) is 0.500. The third kappa shape index (κ3) is 5.67. The summed E-state index contributed by atoms with van der Waals surface area (Å²) in [4.78, 5) is 0. The van der Waals surface area contributed by atoms with Crippen LogP contribution in [0.3, 0.4) is 0 Å². The quantitative estimate of drug-likeness (QED) is 0.479. The lowest BCUT2D eigenvalue weighted by Gasteiger charge is -1.89. The maximum Gasteiger partial charge on any atom is 0.131 e. The van der Waals surface area contributed by atoms with Gasteiger partial charge < -0.3 is 0 Å². The minimum Gasteiger partial charge on any atom is -0.244 e. The van der Waals surface area contributed by atoms with E-state index in [9.17, 15) is 4.39 Å². The van der Waals surface area contributed by atoms with E-state index in [1.54, 1.807) is 0 Å². The lowest BCUT2D eigenvalue weighted by Crippen LogP contribution is -1.71. The van der Waals surface area contributed by atoms with Crippen molar-refractivity contribution < 1.29 is 4.39 Å². The Labute approximate surface area is 44.0 Å². The lowest BCUT2D eigenvalue weighted by atomic mass is 10.2. The van der Waals surface area contributed by atoms with Gasteiger partial charge in [0.2, 0.25) is 0 Å². The summed E-state index contributed by atoms with van der Waals surface area (Å²) in [6, 6.07) is 0. The summed E-state index contributed by atoms with van der Waals surface area (Å²) in [5.41, 5.74) is 1.04. The molecule has 0 heterocycles. The number of rotatable bonds is 3. The zero-order valence-electron chi connectivity index (χ0n) is 4.58. The smallest absolute Gasteiger partial charge is 0.131 e. The van der Waals surface area contributed by atoms with Crippen molar-refractivity contribution in [2.24, 2.45) is 0 Å². The molecule has 0 saturated heterocycles. The van der Waals surface area contributed by atoms with Gasteiger partial charge in [-0.1, -0.05) is 5.57 Å². The van der Waals surface area contributed by atoms with Gasteiger partial charge in [0.15, 0.2) is 0 Å². The standard InChI is InChI=1S/C6H10F/c1-6(2)4-3-5-7/h5H,1,3-4H2,2H3. The van der Waals surface area contributed by atoms with Crippen LogP contribution in [-0.4, -0.2) is 0 Å². The first-order valence-corrected chi connectivity index (χ1v) is 2.33. The van der Waals surface area contributed by atoms with E-state index in [1.165, 1.54) is 0 Å². The number of allylic oxidation sites excluding steroid dienone is 1. The van der Waals surface area contributed by atoms with Crippen LogP contribution in [0.5, 0.6) is 0 Å².